The highest BCUT2D eigenvalue weighted by molar-refractivity contribution is 7.89. The fraction of sp³-hybridized carbons (Fsp3) is 0.480. The van der Waals surface area contributed by atoms with Gasteiger partial charge in [-0.25, -0.2) is 8.42 Å². The number of ether oxygens (including phenoxy) is 2. The smallest absolute Gasteiger partial charge is 0.243 e. The van der Waals surface area contributed by atoms with Crippen molar-refractivity contribution in [1.82, 2.24) is 9.21 Å². The molecule has 1 atom stereocenters. The zero-order valence-corrected chi connectivity index (χ0v) is 20.7. The van der Waals surface area contributed by atoms with Gasteiger partial charge in [0.2, 0.25) is 15.9 Å². The van der Waals surface area contributed by atoms with Gasteiger partial charge >= 0.3 is 0 Å². The Bertz CT molecular complexity index is 1060. The van der Waals surface area contributed by atoms with E-state index >= 15 is 0 Å². The fourth-order valence-corrected chi connectivity index (χ4v) is 6.15. The number of benzene rings is 2. The molecule has 0 saturated carbocycles. The summed E-state index contributed by atoms with van der Waals surface area (Å²) in [6.07, 6.45) is 1.39. The lowest BCUT2D eigenvalue weighted by molar-refractivity contribution is -0.137. The molecule has 2 aliphatic heterocycles. The van der Waals surface area contributed by atoms with Crippen molar-refractivity contribution < 1.29 is 22.7 Å². The third-order valence-electron chi connectivity index (χ3n) is 6.53. The molecular weight excluding hydrogens is 454 g/mol. The molecule has 0 unspecified atom stereocenters. The molecule has 0 aliphatic carbocycles. The number of hydrogen-bond acceptors (Lipinski definition) is 6. The summed E-state index contributed by atoms with van der Waals surface area (Å²) >= 11 is 0. The number of amides is 1. The maximum Gasteiger partial charge on any atom is 0.243 e. The van der Waals surface area contributed by atoms with E-state index in [0.717, 1.165) is 24.5 Å². The lowest BCUT2D eigenvalue weighted by atomic mass is 9.97. The second-order valence-corrected chi connectivity index (χ2v) is 10.6. The summed E-state index contributed by atoms with van der Waals surface area (Å²) in [7, 11) is -2.00. The number of methoxy groups -OCH3 is 1. The van der Waals surface area contributed by atoms with Crippen molar-refractivity contribution in [2.24, 2.45) is 5.92 Å². The van der Waals surface area contributed by atoms with Crippen LogP contribution in [0.15, 0.2) is 53.4 Å². The highest BCUT2D eigenvalue weighted by atomic mass is 32.2. The lowest BCUT2D eigenvalue weighted by Crippen LogP contribution is -2.53. The standard InChI is InChI=1S/C25H33N3O5S/c1-3-33-23-10-12-24(13-11-23)34(30,31)28-14-4-5-20(19-28)25(29)27-17-15-26(16-18-27)21-6-8-22(32-2)9-7-21/h6-13,20H,3-5,14-19H2,1-2H3/t20-/m0/s1. The van der Waals surface area contributed by atoms with Crippen molar-refractivity contribution in [2.75, 3.05) is 57.9 Å². The van der Waals surface area contributed by atoms with Gasteiger partial charge < -0.3 is 19.3 Å². The number of anilines is 1. The Morgan fingerprint density at radius 3 is 2.21 bits per heavy atom. The number of rotatable bonds is 7. The molecular formula is C25H33N3O5S. The SMILES string of the molecule is CCOc1ccc(S(=O)(=O)N2CCC[C@H](C(=O)N3CCN(c4ccc(OC)cc4)CC3)C2)cc1. The van der Waals surface area contributed by atoms with Crippen LogP contribution >= 0.6 is 0 Å². The summed E-state index contributed by atoms with van der Waals surface area (Å²) in [5, 5.41) is 0. The molecule has 2 heterocycles. The number of sulfonamides is 1. The third-order valence-corrected chi connectivity index (χ3v) is 8.41. The van der Waals surface area contributed by atoms with Crippen LogP contribution in [0.2, 0.25) is 0 Å². The Balaban J connectivity index is 1.36. The van der Waals surface area contributed by atoms with Gasteiger partial charge in [-0.3, -0.25) is 4.79 Å². The van der Waals surface area contributed by atoms with Gasteiger partial charge in [-0.1, -0.05) is 0 Å². The Labute approximate surface area is 202 Å². The van der Waals surface area contributed by atoms with E-state index in [2.05, 4.69) is 4.90 Å². The summed E-state index contributed by atoms with van der Waals surface area (Å²) in [5.41, 5.74) is 1.11. The number of carbonyl (C=O) groups is 1. The van der Waals surface area contributed by atoms with Crippen molar-refractivity contribution in [3.05, 3.63) is 48.5 Å². The number of piperazine rings is 1. The minimum atomic E-state index is -3.65. The van der Waals surface area contributed by atoms with Crippen molar-refractivity contribution in [2.45, 2.75) is 24.7 Å². The van der Waals surface area contributed by atoms with Gasteiger partial charge in [0, 0.05) is 45.0 Å². The largest absolute Gasteiger partial charge is 0.497 e. The van der Waals surface area contributed by atoms with Crippen molar-refractivity contribution in [1.29, 1.82) is 0 Å². The Morgan fingerprint density at radius 2 is 1.59 bits per heavy atom. The molecule has 2 aromatic carbocycles. The number of nitrogens with zero attached hydrogens (tertiary/aromatic N) is 3. The van der Waals surface area contributed by atoms with Gasteiger partial charge in [-0.15, -0.1) is 0 Å². The fourth-order valence-electron chi connectivity index (χ4n) is 4.62. The minimum absolute atomic E-state index is 0.0565. The van der Waals surface area contributed by atoms with E-state index < -0.39 is 10.0 Å². The molecule has 0 bridgehead atoms. The van der Waals surface area contributed by atoms with Gasteiger partial charge in [0.25, 0.3) is 0 Å². The third kappa shape index (κ3) is 5.31. The van der Waals surface area contributed by atoms with E-state index in [1.807, 2.05) is 36.1 Å². The molecule has 184 valence electrons. The molecule has 9 heteroatoms. The Morgan fingerprint density at radius 1 is 0.941 bits per heavy atom. The highest BCUT2D eigenvalue weighted by Gasteiger charge is 2.36. The van der Waals surface area contributed by atoms with Crippen molar-refractivity contribution >= 4 is 21.6 Å². The molecule has 2 saturated heterocycles. The van der Waals surface area contributed by atoms with Gasteiger partial charge in [0.1, 0.15) is 11.5 Å². The van der Waals surface area contributed by atoms with E-state index in [0.29, 0.717) is 44.8 Å². The molecule has 2 fully saturated rings. The zero-order chi connectivity index (χ0) is 24.1. The average Bonchev–Trinajstić information content (AvgIpc) is 2.89. The van der Waals surface area contributed by atoms with E-state index in [1.165, 1.54) is 4.31 Å². The second-order valence-electron chi connectivity index (χ2n) is 8.62. The average molecular weight is 488 g/mol. The van der Waals surface area contributed by atoms with E-state index in [4.69, 9.17) is 9.47 Å². The molecule has 4 rings (SSSR count). The maximum absolute atomic E-state index is 13.3. The molecule has 0 radical (unpaired) electrons. The van der Waals surface area contributed by atoms with Crippen LogP contribution in [0, 0.1) is 5.92 Å². The molecule has 0 N–H and O–H groups in total. The molecule has 2 aromatic rings. The topological polar surface area (TPSA) is 79.4 Å². The van der Waals surface area contributed by atoms with Crippen LogP contribution in [0.3, 0.4) is 0 Å². The summed E-state index contributed by atoms with van der Waals surface area (Å²) in [4.78, 5) is 17.6. The van der Waals surface area contributed by atoms with Gasteiger partial charge in [-0.2, -0.15) is 4.31 Å². The van der Waals surface area contributed by atoms with Crippen LogP contribution in [-0.2, 0) is 14.8 Å². The Kier molecular flexibility index (Phi) is 7.63. The summed E-state index contributed by atoms with van der Waals surface area (Å²) in [6, 6.07) is 14.4. The Hall–Kier alpha value is -2.78. The van der Waals surface area contributed by atoms with Crippen molar-refractivity contribution in [3.8, 4) is 11.5 Å². The van der Waals surface area contributed by atoms with E-state index in [-0.39, 0.29) is 23.3 Å². The first kappa shape index (κ1) is 24.3. The van der Waals surface area contributed by atoms with Crippen LogP contribution in [0.25, 0.3) is 0 Å². The summed E-state index contributed by atoms with van der Waals surface area (Å²) in [6.45, 7) is 5.83. The van der Waals surface area contributed by atoms with Crippen LogP contribution in [-0.4, -0.2) is 76.5 Å². The van der Waals surface area contributed by atoms with Crippen molar-refractivity contribution in [3.63, 3.8) is 0 Å². The normalized spacial score (nSPS) is 19.6. The summed E-state index contributed by atoms with van der Waals surface area (Å²) in [5.74, 6) is 1.21. The molecule has 8 nitrogen and oxygen atoms in total. The number of piperidine rings is 1. The molecule has 0 spiro atoms. The van der Waals surface area contributed by atoms with Gasteiger partial charge in [0.15, 0.2) is 0 Å². The van der Waals surface area contributed by atoms with Gasteiger partial charge in [0.05, 0.1) is 24.5 Å². The number of hydrogen-bond donors (Lipinski definition) is 0. The van der Waals surface area contributed by atoms with Crippen LogP contribution in [0.5, 0.6) is 11.5 Å². The minimum Gasteiger partial charge on any atom is -0.497 e. The van der Waals surface area contributed by atoms with Crippen LogP contribution < -0.4 is 14.4 Å². The number of carbonyl (C=O) groups excluding carboxylic acids is 1. The van der Waals surface area contributed by atoms with Gasteiger partial charge in [-0.05, 0) is 68.3 Å². The molecule has 2 aliphatic rings. The van der Waals surface area contributed by atoms with Crippen LogP contribution in [0.1, 0.15) is 19.8 Å². The maximum atomic E-state index is 13.3. The predicted molar refractivity (Wildman–Crippen MR) is 131 cm³/mol. The lowest BCUT2D eigenvalue weighted by Gasteiger charge is -2.39. The highest BCUT2D eigenvalue weighted by Crippen LogP contribution is 2.27. The molecule has 34 heavy (non-hydrogen) atoms. The zero-order valence-electron chi connectivity index (χ0n) is 19.9. The van der Waals surface area contributed by atoms with E-state index in [1.54, 1.807) is 31.4 Å². The monoisotopic (exact) mass is 487 g/mol. The van der Waals surface area contributed by atoms with E-state index in [9.17, 15) is 13.2 Å². The molecule has 0 aromatic heterocycles. The summed E-state index contributed by atoms with van der Waals surface area (Å²) < 4.78 is 38.5. The van der Waals surface area contributed by atoms with Crippen LogP contribution in [0.4, 0.5) is 5.69 Å². The molecule has 1 amide bonds. The quantitative estimate of drug-likeness (QED) is 0.598. The predicted octanol–water partition coefficient (Wildman–Crippen LogP) is 2.84. The first-order valence-electron chi connectivity index (χ1n) is 11.8. The first-order chi connectivity index (χ1) is 16.4. The second kappa shape index (κ2) is 10.7. The first-order valence-corrected chi connectivity index (χ1v) is 13.3.